The first-order valence-corrected chi connectivity index (χ1v) is 8.76. The second-order valence-corrected chi connectivity index (χ2v) is 6.51. The van der Waals surface area contributed by atoms with Crippen molar-refractivity contribution in [1.29, 1.82) is 0 Å². The summed E-state index contributed by atoms with van der Waals surface area (Å²) in [5, 5.41) is 5.57. The molecule has 130 valence electrons. The number of pyridine rings is 1. The van der Waals surface area contributed by atoms with Gasteiger partial charge >= 0.3 is 0 Å². The number of halogens is 1. The van der Waals surface area contributed by atoms with Crippen LogP contribution in [0.3, 0.4) is 0 Å². The molecule has 0 aliphatic carbocycles. The van der Waals surface area contributed by atoms with E-state index in [2.05, 4.69) is 31.5 Å². The Morgan fingerprint density at radius 1 is 0.885 bits per heavy atom. The van der Waals surface area contributed by atoms with Crippen LogP contribution in [0, 0.1) is 0 Å². The Balaban J connectivity index is 1.57. The summed E-state index contributed by atoms with van der Waals surface area (Å²) >= 11 is 3.34. The Morgan fingerprint density at radius 3 is 2.27 bits per heavy atom. The second kappa shape index (κ2) is 8.40. The van der Waals surface area contributed by atoms with Crippen LogP contribution in [0.15, 0.2) is 77.4 Å². The lowest BCUT2D eigenvalue weighted by atomic mass is 10.1. The molecule has 3 rings (SSSR count). The van der Waals surface area contributed by atoms with Gasteiger partial charge in [-0.2, -0.15) is 0 Å². The lowest BCUT2D eigenvalue weighted by Gasteiger charge is -2.07. The van der Waals surface area contributed by atoms with Gasteiger partial charge in [-0.25, -0.2) is 4.98 Å². The number of nitrogens with zero attached hydrogens (tertiary/aromatic N) is 1. The summed E-state index contributed by atoms with van der Waals surface area (Å²) in [7, 11) is 0. The zero-order valence-electron chi connectivity index (χ0n) is 13.8. The summed E-state index contributed by atoms with van der Waals surface area (Å²) in [5.41, 5.74) is 2.10. The maximum absolute atomic E-state index is 12.2. The molecule has 3 aromatic rings. The molecule has 0 spiro atoms. The van der Waals surface area contributed by atoms with Crippen molar-refractivity contribution in [3.05, 3.63) is 88.5 Å². The molecule has 26 heavy (non-hydrogen) atoms. The van der Waals surface area contributed by atoms with Gasteiger partial charge in [0, 0.05) is 21.9 Å². The van der Waals surface area contributed by atoms with E-state index in [0.29, 0.717) is 17.1 Å². The topological polar surface area (TPSA) is 71.1 Å². The molecular weight excluding hydrogens is 394 g/mol. The van der Waals surface area contributed by atoms with Gasteiger partial charge in [-0.15, -0.1) is 0 Å². The third kappa shape index (κ3) is 5.00. The Morgan fingerprint density at radius 2 is 1.62 bits per heavy atom. The average Bonchev–Trinajstić information content (AvgIpc) is 2.64. The van der Waals surface area contributed by atoms with E-state index in [4.69, 9.17) is 0 Å². The van der Waals surface area contributed by atoms with Crippen LogP contribution in [0.2, 0.25) is 0 Å². The number of rotatable bonds is 5. The SMILES string of the molecule is O=C(Cc1ccc(NC(=O)c2ccc(Br)cc2)cc1)Nc1ccccn1. The molecule has 0 saturated carbocycles. The van der Waals surface area contributed by atoms with Crippen LogP contribution in [-0.2, 0) is 11.2 Å². The predicted molar refractivity (Wildman–Crippen MR) is 105 cm³/mol. The van der Waals surface area contributed by atoms with Crippen molar-refractivity contribution in [2.24, 2.45) is 0 Å². The molecule has 0 radical (unpaired) electrons. The number of carbonyl (C=O) groups is 2. The molecule has 0 aliphatic rings. The van der Waals surface area contributed by atoms with Gasteiger partial charge in [0.1, 0.15) is 5.82 Å². The molecule has 0 atom stereocenters. The predicted octanol–water partition coefficient (Wildman–Crippen LogP) is 4.28. The molecular formula is C20H16BrN3O2. The van der Waals surface area contributed by atoms with Gasteiger partial charge < -0.3 is 10.6 Å². The summed E-state index contributed by atoms with van der Waals surface area (Å²) in [6.07, 6.45) is 1.86. The first-order chi connectivity index (χ1) is 12.6. The third-order valence-electron chi connectivity index (χ3n) is 3.62. The highest BCUT2D eigenvalue weighted by Crippen LogP contribution is 2.14. The van der Waals surface area contributed by atoms with Gasteiger partial charge in [0.2, 0.25) is 5.91 Å². The highest BCUT2D eigenvalue weighted by atomic mass is 79.9. The Kier molecular flexibility index (Phi) is 5.76. The van der Waals surface area contributed by atoms with Crippen molar-refractivity contribution in [2.75, 3.05) is 10.6 Å². The van der Waals surface area contributed by atoms with Gasteiger partial charge in [0.05, 0.1) is 6.42 Å². The van der Waals surface area contributed by atoms with E-state index in [0.717, 1.165) is 10.0 Å². The number of amides is 2. The summed E-state index contributed by atoms with van der Waals surface area (Å²) in [6.45, 7) is 0. The molecule has 0 bridgehead atoms. The van der Waals surface area contributed by atoms with Crippen LogP contribution >= 0.6 is 15.9 Å². The van der Waals surface area contributed by atoms with Gasteiger partial charge in [0.15, 0.2) is 0 Å². The number of aromatic nitrogens is 1. The molecule has 1 aromatic heterocycles. The van der Waals surface area contributed by atoms with Crippen molar-refractivity contribution in [3.8, 4) is 0 Å². The quantitative estimate of drug-likeness (QED) is 0.660. The maximum Gasteiger partial charge on any atom is 0.255 e. The molecule has 0 saturated heterocycles. The van der Waals surface area contributed by atoms with E-state index < -0.39 is 0 Å². The molecule has 0 fully saturated rings. The van der Waals surface area contributed by atoms with Crippen molar-refractivity contribution in [2.45, 2.75) is 6.42 Å². The molecule has 2 amide bonds. The standard InChI is InChI=1S/C20H16BrN3O2/c21-16-8-6-15(7-9-16)20(26)23-17-10-4-14(5-11-17)13-19(25)24-18-3-1-2-12-22-18/h1-12H,13H2,(H,23,26)(H,22,24,25). The van der Waals surface area contributed by atoms with Crippen molar-refractivity contribution >= 4 is 39.2 Å². The van der Waals surface area contributed by atoms with E-state index in [1.54, 1.807) is 42.6 Å². The number of anilines is 2. The zero-order valence-corrected chi connectivity index (χ0v) is 15.4. The van der Waals surface area contributed by atoms with E-state index in [9.17, 15) is 9.59 Å². The monoisotopic (exact) mass is 409 g/mol. The van der Waals surface area contributed by atoms with E-state index >= 15 is 0 Å². The van der Waals surface area contributed by atoms with Crippen LogP contribution < -0.4 is 10.6 Å². The zero-order chi connectivity index (χ0) is 18.4. The van der Waals surface area contributed by atoms with Gasteiger partial charge in [-0.1, -0.05) is 34.1 Å². The Hall–Kier alpha value is -2.99. The summed E-state index contributed by atoms with van der Waals surface area (Å²) in [4.78, 5) is 28.3. The first-order valence-electron chi connectivity index (χ1n) is 7.97. The van der Waals surface area contributed by atoms with Crippen LogP contribution in [0.5, 0.6) is 0 Å². The molecule has 1 heterocycles. The summed E-state index contributed by atoms with van der Waals surface area (Å²) in [5.74, 6) is 0.198. The lowest BCUT2D eigenvalue weighted by Crippen LogP contribution is -2.15. The van der Waals surface area contributed by atoms with Gasteiger partial charge in [0.25, 0.3) is 5.91 Å². The minimum absolute atomic E-state index is 0.143. The van der Waals surface area contributed by atoms with E-state index in [1.165, 1.54) is 0 Å². The van der Waals surface area contributed by atoms with Crippen molar-refractivity contribution < 1.29 is 9.59 Å². The highest BCUT2D eigenvalue weighted by molar-refractivity contribution is 9.10. The number of nitrogens with one attached hydrogen (secondary N) is 2. The van der Waals surface area contributed by atoms with Crippen LogP contribution in [0.25, 0.3) is 0 Å². The fourth-order valence-electron chi connectivity index (χ4n) is 2.32. The van der Waals surface area contributed by atoms with E-state index in [-0.39, 0.29) is 18.2 Å². The average molecular weight is 410 g/mol. The smallest absolute Gasteiger partial charge is 0.255 e. The minimum atomic E-state index is -0.182. The van der Waals surface area contributed by atoms with Crippen LogP contribution in [0.1, 0.15) is 15.9 Å². The number of benzene rings is 2. The van der Waals surface area contributed by atoms with E-state index in [1.807, 2.05) is 30.3 Å². The first kappa shape index (κ1) is 17.8. The number of hydrogen-bond donors (Lipinski definition) is 2. The van der Waals surface area contributed by atoms with Crippen LogP contribution in [0.4, 0.5) is 11.5 Å². The van der Waals surface area contributed by atoms with Crippen molar-refractivity contribution in [1.82, 2.24) is 4.98 Å². The van der Waals surface area contributed by atoms with Crippen LogP contribution in [-0.4, -0.2) is 16.8 Å². The molecule has 2 N–H and O–H groups in total. The number of hydrogen-bond acceptors (Lipinski definition) is 3. The molecule has 6 heteroatoms. The number of carbonyl (C=O) groups excluding carboxylic acids is 2. The van der Waals surface area contributed by atoms with Gasteiger partial charge in [-0.3, -0.25) is 9.59 Å². The summed E-state index contributed by atoms with van der Waals surface area (Å²) in [6, 6.07) is 19.6. The molecule has 2 aromatic carbocycles. The highest BCUT2D eigenvalue weighted by Gasteiger charge is 2.07. The Labute approximate surface area is 159 Å². The second-order valence-electron chi connectivity index (χ2n) is 5.60. The van der Waals surface area contributed by atoms with Gasteiger partial charge in [-0.05, 0) is 54.1 Å². The fraction of sp³-hybridized carbons (Fsp3) is 0.0500. The van der Waals surface area contributed by atoms with Crippen molar-refractivity contribution in [3.63, 3.8) is 0 Å². The third-order valence-corrected chi connectivity index (χ3v) is 4.14. The fourth-order valence-corrected chi connectivity index (χ4v) is 2.58. The summed E-state index contributed by atoms with van der Waals surface area (Å²) < 4.78 is 0.919. The largest absolute Gasteiger partial charge is 0.322 e. The maximum atomic E-state index is 12.2. The molecule has 0 aliphatic heterocycles. The Bertz CT molecular complexity index is 895. The lowest BCUT2D eigenvalue weighted by molar-refractivity contribution is -0.115. The normalized spacial score (nSPS) is 10.2. The molecule has 0 unspecified atom stereocenters. The molecule has 5 nitrogen and oxygen atoms in total. The minimum Gasteiger partial charge on any atom is -0.322 e.